The first kappa shape index (κ1) is 17.7. The molecule has 0 unspecified atom stereocenters. The van der Waals surface area contributed by atoms with Gasteiger partial charge in [-0.3, -0.25) is 4.79 Å². The van der Waals surface area contributed by atoms with Gasteiger partial charge >= 0.3 is 0 Å². The molecule has 0 aliphatic rings. The van der Waals surface area contributed by atoms with Crippen molar-refractivity contribution in [3.63, 3.8) is 0 Å². The first-order valence-electron chi connectivity index (χ1n) is 9.18. The van der Waals surface area contributed by atoms with E-state index in [1.165, 1.54) is 6.08 Å². The molecule has 0 saturated heterocycles. The van der Waals surface area contributed by atoms with E-state index in [-0.39, 0.29) is 0 Å². The van der Waals surface area contributed by atoms with E-state index in [1.54, 1.807) is 12.3 Å². The smallest absolute Gasteiger partial charge is 0.142 e. The Morgan fingerprint density at radius 3 is 1.61 bits per heavy atom. The lowest BCUT2D eigenvalue weighted by Crippen LogP contribution is -2.38. The van der Waals surface area contributed by atoms with Crippen LogP contribution in [0.5, 0.6) is 0 Å². The van der Waals surface area contributed by atoms with Crippen LogP contribution >= 0.6 is 0 Å². The maximum atomic E-state index is 11.0. The number of aromatic nitrogens is 2. The maximum absolute atomic E-state index is 11.0. The van der Waals surface area contributed by atoms with Gasteiger partial charge in [0.05, 0.1) is 18.2 Å². The Morgan fingerprint density at radius 1 is 0.714 bits per heavy atom. The summed E-state index contributed by atoms with van der Waals surface area (Å²) < 4.78 is 2.13. The number of benzene rings is 3. The van der Waals surface area contributed by atoms with E-state index in [2.05, 4.69) is 45.9 Å². The largest absolute Gasteiger partial charge is 0.312 e. The van der Waals surface area contributed by atoms with E-state index in [1.807, 2.05) is 60.9 Å². The summed E-state index contributed by atoms with van der Waals surface area (Å²) >= 11 is 0. The number of imidazole rings is 1. The minimum atomic E-state index is -0.622. The summed E-state index contributed by atoms with van der Waals surface area (Å²) in [6.45, 7) is 0. The molecule has 0 N–H and O–H groups in total. The van der Waals surface area contributed by atoms with Gasteiger partial charge in [-0.1, -0.05) is 91.0 Å². The van der Waals surface area contributed by atoms with Crippen LogP contribution in [0.3, 0.4) is 0 Å². The number of nitrogens with zero attached hydrogens (tertiary/aromatic N) is 2. The molecule has 0 atom stereocenters. The van der Waals surface area contributed by atoms with Crippen LogP contribution in [-0.4, -0.2) is 15.8 Å². The van der Waals surface area contributed by atoms with Crippen molar-refractivity contribution in [3.8, 4) is 0 Å². The van der Waals surface area contributed by atoms with Crippen molar-refractivity contribution in [2.45, 2.75) is 5.54 Å². The molecule has 1 heterocycles. The highest BCUT2D eigenvalue weighted by Crippen LogP contribution is 2.41. The average Bonchev–Trinajstić information content (AvgIpc) is 3.24. The van der Waals surface area contributed by atoms with Crippen molar-refractivity contribution in [2.24, 2.45) is 0 Å². The zero-order valence-corrected chi connectivity index (χ0v) is 15.3. The lowest BCUT2D eigenvalue weighted by Gasteiger charge is -2.38. The third-order valence-electron chi connectivity index (χ3n) is 4.95. The summed E-state index contributed by atoms with van der Waals surface area (Å²) in [5.41, 5.74) is 3.58. The van der Waals surface area contributed by atoms with Crippen LogP contribution in [0.1, 0.15) is 22.4 Å². The van der Waals surface area contributed by atoms with Gasteiger partial charge in [-0.15, -0.1) is 0 Å². The first-order valence-corrected chi connectivity index (χ1v) is 9.18. The summed E-state index contributed by atoms with van der Waals surface area (Å²) in [7, 11) is 0. The number of hydrogen-bond acceptors (Lipinski definition) is 2. The predicted octanol–water partition coefficient (Wildman–Crippen LogP) is 4.94. The molecule has 4 rings (SSSR count). The highest BCUT2D eigenvalue weighted by atomic mass is 16.1. The van der Waals surface area contributed by atoms with Crippen LogP contribution in [0.4, 0.5) is 0 Å². The Hall–Kier alpha value is -3.72. The zero-order chi connectivity index (χ0) is 19.2. The van der Waals surface area contributed by atoms with E-state index in [0.717, 1.165) is 28.7 Å². The Morgan fingerprint density at radius 2 is 1.18 bits per heavy atom. The average molecular weight is 364 g/mol. The molecule has 3 nitrogen and oxygen atoms in total. The number of allylic oxidation sites excluding steroid dienone is 1. The number of aldehydes is 1. The van der Waals surface area contributed by atoms with Gasteiger partial charge in [0, 0.05) is 0 Å². The fourth-order valence-corrected chi connectivity index (χ4v) is 3.80. The minimum Gasteiger partial charge on any atom is -0.312 e. The second-order valence-electron chi connectivity index (χ2n) is 6.49. The molecule has 0 radical (unpaired) electrons. The number of carbonyl (C=O) groups is 1. The van der Waals surface area contributed by atoms with Crippen LogP contribution in [0.25, 0.3) is 6.08 Å². The Balaban J connectivity index is 2.13. The molecule has 0 aliphatic carbocycles. The second-order valence-corrected chi connectivity index (χ2v) is 6.49. The third kappa shape index (κ3) is 2.97. The Bertz CT molecular complexity index is 971. The van der Waals surface area contributed by atoms with Gasteiger partial charge in [-0.2, -0.15) is 0 Å². The fraction of sp³-hybridized carbons (Fsp3) is 0.0400. The van der Waals surface area contributed by atoms with Crippen molar-refractivity contribution >= 4 is 12.4 Å². The standard InChI is InChI=1S/C25H20N2O/c28-18-10-17-24-19-26-20-27(24)25(21-11-4-1-5-12-21,22-13-6-2-7-14-22)23-15-8-3-9-16-23/h1-20H. The minimum absolute atomic E-state index is 0.622. The van der Waals surface area contributed by atoms with Crippen molar-refractivity contribution in [3.05, 3.63) is 132 Å². The molecule has 3 heteroatoms. The third-order valence-corrected chi connectivity index (χ3v) is 4.95. The number of carbonyl (C=O) groups excluding carboxylic acids is 1. The molecule has 0 fully saturated rings. The van der Waals surface area contributed by atoms with Crippen LogP contribution in [0.15, 0.2) is 110 Å². The van der Waals surface area contributed by atoms with Crippen molar-refractivity contribution < 1.29 is 4.79 Å². The highest BCUT2D eigenvalue weighted by molar-refractivity contribution is 5.73. The first-order chi connectivity index (χ1) is 13.9. The number of rotatable bonds is 6. The summed E-state index contributed by atoms with van der Waals surface area (Å²) in [5, 5.41) is 0. The molecule has 0 amide bonds. The summed E-state index contributed by atoms with van der Waals surface area (Å²) in [6.07, 6.45) is 7.69. The molecule has 0 saturated carbocycles. The lowest BCUT2D eigenvalue weighted by molar-refractivity contribution is -0.104. The van der Waals surface area contributed by atoms with Crippen molar-refractivity contribution in [2.75, 3.05) is 0 Å². The van der Waals surface area contributed by atoms with Crippen molar-refractivity contribution in [1.29, 1.82) is 0 Å². The molecule has 4 aromatic rings. The molecule has 1 aromatic heterocycles. The van der Waals surface area contributed by atoms with E-state index in [0.29, 0.717) is 0 Å². The van der Waals surface area contributed by atoms with Gasteiger partial charge in [0.25, 0.3) is 0 Å². The van der Waals surface area contributed by atoms with Crippen LogP contribution in [0, 0.1) is 0 Å². The highest BCUT2D eigenvalue weighted by Gasteiger charge is 2.39. The quantitative estimate of drug-likeness (QED) is 0.276. The SMILES string of the molecule is O=CC=Cc1cncn1C(c1ccccc1)(c1ccccc1)c1ccccc1. The maximum Gasteiger partial charge on any atom is 0.142 e. The molecule has 0 aliphatic heterocycles. The normalized spacial score (nSPS) is 11.6. The molecule has 0 bridgehead atoms. The number of hydrogen-bond donors (Lipinski definition) is 0. The molecular formula is C25H20N2O. The predicted molar refractivity (Wildman–Crippen MR) is 112 cm³/mol. The fourth-order valence-electron chi connectivity index (χ4n) is 3.80. The molecule has 136 valence electrons. The zero-order valence-electron chi connectivity index (χ0n) is 15.3. The summed E-state index contributed by atoms with van der Waals surface area (Å²) in [5.74, 6) is 0. The topological polar surface area (TPSA) is 34.9 Å². The van der Waals surface area contributed by atoms with E-state index in [9.17, 15) is 4.79 Å². The van der Waals surface area contributed by atoms with Crippen LogP contribution in [0.2, 0.25) is 0 Å². The van der Waals surface area contributed by atoms with Gasteiger partial charge < -0.3 is 4.57 Å². The molecular weight excluding hydrogens is 344 g/mol. The second kappa shape index (κ2) is 7.89. The van der Waals surface area contributed by atoms with Gasteiger partial charge in [-0.25, -0.2) is 4.98 Å². The van der Waals surface area contributed by atoms with E-state index < -0.39 is 5.54 Å². The van der Waals surface area contributed by atoms with Gasteiger partial charge in [0.1, 0.15) is 11.8 Å². The van der Waals surface area contributed by atoms with Crippen LogP contribution < -0.4 is 0 Å². The molecule has 0 spiro atoms. The van der Waals surface area contributed by atoms with Crippen LogP contribution in [-0.2, 0) is 10.3 Å². The van der Waals surface area contributed by atoms with E-state index in [4.69, 9.17) is 0 Å². The monoisotopic (exact) mass is 364 g/mol. The molecule has 28 heavy (non-hydrogen) atoms. The Labute approximate surface area is 164 Å². The van der Waals surface area contributed by atoms with Crippen molar-refractivity contribution in [1.82, 2.24) is 9.55 Å². The summed E-state index contributed by atoms with van der Waals surface area (Å²) in [6, 6.07) is 31.1. The van der Waals surface area contributed by atoms with Gasteiger partial charge in [0.2, 0.25) is 0 Å². The Kier molecular flexibility index (Phi) is 4.98. The van der Waals surface area contributed by atoms with Gasteiger partial charge in [-0.05, 0) is 28.8 Å². The van der Waals surface area contributed by atoms with E-state index >= 15 is 0 Å². The molecule has 3 aromatic carbocycles. The van der Waals surface area contributed by atoms with Gasteiger partial charge in [0.15, 0.2) is 0 Å². The lowest BCUT2D eigenvalue weighted by atomic mass is 9.76. The summed E-state index contributed by atoms with van der Waals surface area (Å²) in [4.78, 5) is 15.4.